The van der Waals surface area contributed by atoms with E-state index < -0.39 is 34.9 Å². The van der Waals surface area contributed by atoms with Gasteiger partial charge in [0, 0.05) is 17.3 Å². The van der Waals surface area contributed by atoms with Gasteiger partial charge in [-0.3, -0.25) is 14.6 Å². The summed E-state index contributed by atoms with van der Waals surface area (Å²) in [5.41, 5.74) is 0.934. The third-order valence-corrected chi connectivity index (χ3v) is 9.40. The summed E-state index contributed by atoms with van der Waals surface area (Å²) in [6.45, 7) is 2.43. The molecule has 8 nitrogen and oxygen atoms in total. The fourth-order valence-corrected chi connectivity index (χ4v) is 6.96. The lowest BCUT2D eigenvalue weighted by Gasteiger charge is -2.29. The fraction of sp³-hybridized carbons (Fsp3) is 0.250. The van der Waals surface area contributed by atoms with Crippen molar-refractivity contribution in [2.75, 3.05) is 19.8 Å². The summed E-state index contributed by atoms with van der Waals surface area (Å²) in [5, 5.41) is 11.7. The Morgan fingerprint density at radius 3 is 2.49 bits per heavy atom. The molecule has 2 aliphatic rings. The van der Waals surface area contributed by atoms with Gasteiger partial charge in [0.1, 0.15) is 19.0 Å². The van der Waals surface area contributed by atoms with E-state index in [0.717, 1.165) is 17.2 Å². The quantitative estimate of drug-likeness (QED) is 0.0882. The number of amides is 1. The maximum Gasteiger partial charge on any atom is 0.418 e. The number of fused-ring (bicyclic) bond motifs is 2. The van der Waals surface area contributed by atoms with Gasteiger partial charge in [-0.2, -0.15) is 13.2 Å². The minimum absolute atomic E-state index is 0.00860. The highest BCUT2D eigenvalue weighted by Gasteiger charge is 2.55. The normalized spacial score (nSPS) is 18.5. The first kappa shape index (κ1) is 33.8. The van der Waals surface area contributed by atoms with Crippen LogP contribution in [0.25, 0.3) is 22.0 Å². The Kier molecular flexibility index (Phi) is 8.97. The van der Waals surface area contributed by atoms with E-state index in [4.69, 9.17) is 19.6 Å². The summed E-state index contributed by atoms with van der Waals surface area (Å²) in [5.74, 6) is -0.385. The van der Waals surface area contributed by atoms with Crippen molar-refractivity contribution >= 4 is 28.3 Å². The highest BCUT2D eigenvalue weighted by molar-refractivity contribution is 6.24. The molecule has 0 radical (unpaired) electrons. The summed E-state index contributed by atoms with van der Waals surface area (Å²) in [6.07, 6.45) is -2.05. The standard InChI is InChI=1S/C40H34F3N3O5/c1-24(44)39(28-15-16-33-34(22-28)51-19-18-50-33)37(47)31(38(48)46-39)13-7-17-49-29-11-5-10-26(21-29)35-27(20-25-8-3-2-4-9-25)23-45-36-30(35)12-6-14-32(36)40(41,42)43/h2-6,8-12,14-16,21-23,31,44H,7,13,17-20H2,1H3,(H,46,48). The number of hydrogen-bond acceptors (Lipinski definition) is 7. The smallest absolute Gasteiger partial charge is 0.418 e. The maximum atomic E-state index is 14.0. The summed E-state index contributed by atoms with van der Waals surface area (Å²) >= 11 is 0. The molecule has 1 amide bonds. The van der Waals surface area contributed by atoms with Crippen LogP contribution >= 0.6 is 0 Å². The van der Waals surface area contributed by atoms with E-state index >= 15 is 0 Å². The zero-order valence-corrected chi connectivity index (χ0v) is 27.7. The molecule has 51 heavy (non-hydrogen) atoms. The Balaban J connectivity index is 1.10. The van der Waals surface area contributed by atoms with Crippen molar-refractivity contribution < 1.29 is 37.0 Å². The summed E-state index contributed by atoms with van der Waals surface area (Å²) in [6, 6.07) is 25.9. The number of ether oxygens (including phenoxy) is 3. The number of carbonyl (C=O) groups is 2. The maximum absolute atomic E-state index is 14.0. The van der Waals surface area contributed by atoms with Crippen LogP contribution in [0.5, 0.6) is 17.2 Å². The molecule has 260 valence electrons. The molecule has 2 atom stereocenters. The molecule has 0 spiro atoms. The lowest BCUT2D eigenvalue weighted by atomic mass is 9.79. The number of Topliss-reactive ketones (excluding diaryl/α,β-unsaturated/α-hetero) is 1. The van der Waals surface area contributed by atoms with E-state index in [2.05, 4.69) is 10.3 Å². The number of hydrogen-bond donors (Lipinski definition) is 2. The highest BCUT2D eigenvalue weighted by Crippen LogP contribution is 2.41. The molecular formula is C40H34F3N3O5. The number of benzene rings is 4. The van der Waals surface area contributed by atoms with E-state index in [-0.39, 0.29) is 24.3 Å². The third-order valence-electron chi connectivity index (χ3n) is 9.40. The zero-order chi connectivity index (χ0) is 35.8. The lowest BCUT2D eigenvalue weighted by molar-refractivity contribution is -0.136. The van der Waals surface area contributed by atoms with Crippen molar-refractivity contribution in [1.29, 1.82) is 5.41 Å². The molecule has 3 heterocycles. The summed E-state index contributed by atoms with van der Waals surface area (Å²) in [4.78, 5) is 31.3. The average Bonchev–Trinajstić information content (AvgIpc) is 3.39. The first-order valence-electron chi connectivity index (χ1n) is 16.6. The van der Waals surface area contributed by atoms with Gasteiger partial charge >= 0.3 is 6.18 Å². The lowest BCUT2D eigenvalue weighted by Crippen LogP contribution is -2.49. The minimum Gasteiger partial charge on any atom is -0.494 e. The highest BCUT2D eigenvalue weighted by atomic mass is 19.4. The van der Waals surface area contributed by atoms with Crippen LogP contribution in [-0.2, 0) is 27.7 Å². The Morgan fingerprint density at radius 2 is 1.73 bits per heavy atom. The molecule has 2 aliphatic heterocycles. The van der Waals surface area contributed by atoms with Crippen molar-refractivity contribution in [2.24, 2.45) is 5.92 Å². The third kappa shape index (κ3) is 6.40. The van der Waals surface area contributed by atoms with Gasteiger partial charge in [-0.15, -0.1) is 0 Å². The Morgan fingerprint density at radius 1 is 0.961 bits per heavy atom. The molecule has 0 saturated carbocycles. The van der Waals surface area contributed by atoms with Crippen LogP contribution in [0.1, 0.15) is 42.0 Å². The van der Waals surface area contributed by atoms with Gasteiger partial charge in [0.25, 0.3) is 0 Å². The van der Waals surface area contributed by atoms with Gasteiger partial charge in [0.2, 0.25) is 5.91 Å². The molecule has 2 unspecified atom stereocenters. The number of ketones is 1. The number of para-hydroxylation sites is 1. The molecule has 7 rings (SSSR count). The fourth-order valence-electron chi connectivity index (χ4n) is 6.96. The number of halogens is 3. The van der Waals surface area contributed by atoms with Crippen molar-refractivity contribution in [1.82, 2.24) is 10.3 Å². The van der Waals surface area contributed by atoms with E-state index in [1.165, 1.54) is 19.2 Å². The second-order valence-electron chi connectivity index (χ2n) is 12.7. The molecule has 2 N–H and O–H groups in total. The van der Waals surface area contributed by atoms with Gasteiger partial charge in [-0.05, 0) is 84.3 Å². The van der Waals surface area contributed by atoms with Crippen LogP contribution in [0.4, 0.5) is 13.2 Å². The van der Waals surface area contributed by atoms with E-state index in [0.29, 0.717) is 65.4 Å². The van der Waals surface area contributed by atoms with Gasteiger partial charge in [-0.25, -0.2) is 0 Å². The van der Waals surface area contributed by atoms with Crippen molar-refractivity contribution in [3.63, 3.8) is 0 Å². The van der Waals surface area contributed by atoms with Crippen LogP contribution < -0.4 is 19.5 Å². The topological polar surface area (TPSA) is 111 Å². The zero-order valence-electron chi connectivity index (χ0n) is 27.7. The van der Waals surface area contributed by atoms with E-state index in [1.54, 1.807) is 42.5 Å². The Labute approximate surface area is 292 Å². The van der Waals surface area contributed by atoms with Gasteiger partial charge < -0.3 is 24.9 Å². The number of pyridine rings is 1. The molecule has 1 saturated heterocycles. The first-order valence-corrected chi connectivity index (χ1v) is 16.6. The average molecular weight is 694 g/mol. The van der Waals surface area contributed by atoms with Gasteiger partial charge in [-0.1, -0.05) is 60.7 Å². The molecule has 5 aromatic rings. The molecule has 0 aliphatic carbocycles. The first-order chi connectivity index (χ1) is 24.6. The van der Waals surface area contributed by atoms with Crippen LogP contribution in [-0.4, -0.2) is 42.2 Å². The molecule has 0 bridgehead atoms. The van der Waals surface area contributed by atoms with Crippen LogP contribution in [0, 0.1) is 11.3 Å². The van der Waals surface area contributed by atoms with E-state index in [9.17, 15) is 22.8 Å². The van der Waals surface area contributed by atoms with Crippen molar-refractivity contribution in [2.45, 2.75) is 37.9 Å². The molecule has 11 heteroatoms. The SMILES string of the molecule is CC(=N)C1(c2ccc3c(c2)OCCO3)NC(=O)C(CCCOc2cccc(-c3c(Cc4ccccc4)cnc4c(C(F)(F)F)cccc34)c2)C1=O. The van der Waals surface area contributed by atoms with Crippen LogP contribution in [0.15, 0.2) is 97.2 Å². The predicted octanol–water partition coefficient (Wildman–Crippen LogP) is 7.69. The minimum atomic E-state index is -4.58. The second kappa shape index (κ2) is 13.5. The van der Waals surface area contributed by atoms with Crippen LogP contribution in [0.2, 0.25) is 0 Å². The molecule has 4 aromatic carbocycles. The number of nitrogens with one attached hydrogen (secondary N) is 2. The monoisotopic (exact) mass is 693 g/mol. The number of aromatic nitrogens is 1. The van der Waals surface area contributed by atoms with Crippen LogP contribution in [0.3, 0.4) is 0 Å². The second-order valence-corrected chi connectivity index (χ2v) is 12.7. The molecule has 1 aromatic heterocycles. The van der Waals surface area contributed by atoms with Crippen molar-refractivity contribution in [3.8, 4) is 28.4 Å². The Hall–Kier alpha value is -5.71. The van der Waals surface area contributed by atoms with E-state index in [1.807, 2.05) is 36.4 Å². The predicted molar refractivity (Wildman–Crippen MR) is 185 cm³/mol. The number of rotatable bonds is 10. The van der Waals surface area contributed by atoms with Crippen molar-refractivity contribution in [3.05, 3.63) is 119 Å². The summed E-state index contributed by atoms with van der Waals surface area (Å²) in [7, 11) is 0. The largest absolute Gasteiger partial charge is 0.494 e. The number of carbonyl (C=O) groups excluding carboxylic acids is 2. The van der Waals surface area contributed by atoms with Gasteiger partial charge in [0.15, 0.2) is 22.8 Å². The molecule has 1 fully saturated rings. The Bertz CT molecular complexity index is 2150. The molecular weight excluding hydrogens is 659 g/mol. The number of alkyl halides is 3. The van der Waals surface area contributed by atoms with Gasteiger partial charge in [0.05, 0.1) is 23.6 Å². The number of nitrogens with zero attached hydrogens (tertiary/aromatic N) is 1. The summed E-state index contributed by atoms with van der Waals surface area (Å²) < 4.78 is 59.4.